The summed E-state index contributed by atoms with van der Waals surface area (Å²) in [4.78, 5) is 22.0. The fraction of sp³-hybridized carbons (Fsp3) is 0.333. The molecule has 2 aromatic carbocycles. The topological polar surface area (TPSA) is 50.6 Å². The van der Waals surface area contributed by atoms with Crippen LogP contribution >= 0.6 is 0 Å². The quantitative estimate of drug-likeness (QED) is 0.657. The van der Waals surface area contributed by atoms with Gasteiger partial charge in [-0.25, -0.2) is 0 Å². The van der Waals surface area contributed by atoms with Gasteiger partial charge in [0, 0.05) is 51.4 Å². The van der Waals surface area contributed by atoms with Crippen molar-refractivity contribution in [1.29, 1.82) is 0 Å². The van der Waals surface area contributed by atoms with Gasteiger partial charge in [-0.1, -0.05) is 42.5 Å². The van der Waals surface area contributed by atoms with Gasteiger partial charge in [-0.3, -0.25) is 9.69 Å². The summed E-state index contributed by atoms with van der Waals surface area (Å²) in [5.41, 5.74) is 4.43. The Kier molecular flexibility index (Phi) is 5.01. The maximum absolute atomic E-state index is 12.9. The lowest BCUT2D eigenvalue weighted by Crippen LogP contribution is -2.37. The minimum Gasteiger partial charge on any atom is -0.497 e. The largest absolute Gasteiger partial charge is 0.497 e. The third-order valence-electron chi connectivity index (χ3n) is 6.08. The highest BCUT2D eigenvalue weighted by molar-refractivity contribution is 5.42. The van der Waals surface area contributed by atoms with Crippen LogP contribution < -0.4 is 15.2 Å². The summed E-state index contributed by atoms with van der Waals surface area (Å²) in [5.74, 6) is 1.66. The first-order chi connectivity index (χ1) is 14.7. The van der Waals surface area contributed by atoms with Crippen LogP contribution in [0.1, 0.15) is 22.4 Å². The molecule has 0 saturated carbocycles. The molecule has 1 aromatic heterocycles. The van der Waals surface area contributed by atoms with Crippen LogP contribution in [0, 0.1) is 0 Å². The van der Waals surface area contributed by atoms with Crippen molar-refractivity contribution >= 4 is 5.95 Å². The molecule has 0 atom stereocenters. The van der Waals surface area contributed by atoms with E-state index in [1.165, 1.54) is 16.8 Å². The van der Waals surface area contributed by atoms with Crippen molar-refractivity contribution in [1.82, 2.24) is 14.5 Å². The Hall–Kier alpha value is -3.12. The van der Waals surface area contributed by atoms with E-state index in [1.54, 1.807) is 7.11 Å². The number of hydrogen-bond donors (Lipinski definition) is 0. The lowest BCUT2D eigenvalue weighted by atomic mass is 10.1. The molecule has 30 heavy (non-hydrogen) atoms. The Morgan fingerprint density at radius 3 is 2.47 bits per heavy atom. The van der Waals surface area contributed by atoms with Crippen LogP contribution in [-0.2, 0) is 32.6 Å². The molecule has 0 bridgehead atoms. The zero-order chi connectivity index (χ0) is 20.5. The van der Waals surface area contributed by atoms with Crippen LogP contribution in [0.2, 0.25) is 0 Å². The van der Waals surface area contributed by atoms with E-state index in [0.717, 1.165) is 56.4 Å². The Morgan fingerprint density at radius 1 is 0.933 bits per heavy atom. The van der Waals surface area contributed by atoms with Crippen molar-refractivity contribution in [2.24, 2.45) is 0 Å². The van der Waals surface area contributed by atoms with Crippen LogP contribution in [-0.4, -0.2) is 34.7 Å². The van der Waals surface area contributed by atoms with E-state index in [1.807, 2.05) is 18.2 Å². The molecule has 0 amide bonds. The van der Waals surface area contributed by atoms with Crippen molar-refractivity contribution in [2.45, 2.75) is 32.6 Å². The smallest absolute Gasteiger partial charge is 0.279 e. The standard InChI is InChI=1S/C24H26N4O2/c1-30-20-9-7-19(8-10-20)16-27-13-14-28-22-11-12-26(15-18-5-3-2-4-6-18)17-21(22)23(29)25-24(27)28/h2-10H,11-17H2,1H3. The van der Waals surface area contributed by atoms with Crippen molar-refractivity contribution < 1.29 is 4.74 Å². The third kappa shape index (κ3) is 3.59. The molecule has 0 spiro atoms. The van der Waals surface area contributed by atoms with Crippen molar-refractivity contribution in [3.8, 4) is 5.75 Å². The van der Waals surface area contributed by atoms with Gasteiger partial charge in [0.25, 0.3) is 5.56 Å². The first-order valence-corrected chi connectivity index (χ1v) is 10.5. The zero-order valence-electron chi connectivity index (χ0n) is 17.3. The molecule has 154 valence electrons. The van der Waals surface area contributed by atoms with E-state index < -0.39 is 0 Å². The number of anilines is 1. The summed E-state index contributed by atoms with van der Waals surface area (Å²) in [6.07, 6.45) is 0.892. The lowest BCUT2D eigenvalue weighted by molar-refractivity contribution is 0.239. The molecule has 6 nitrogen and oxygen atoms in total. The molecule has 2 aliphatic rings. The highest BCUT2D eigenvalue weighted by Crippen LogP contribution is 2.27. The van der Waals surface area contributed by atoms with E-state index in [0.29, 0.717) is 6.54 Å². The first kappa shape index (κ1) is 18.9. The molecule has 3 aromatic rings. The first-order valence-electron chi connectivity index (χ1n) is 10.5. The van der Waals surface area contributed by atoms with E-state index in [2.05, 4.69) is 55.7 Å². The predicted octanol–water partition coefficient (Wildman–Crippen LogP) is 2.83. The predicted molar refractivity (Wildman–Crippen MR) is 117 cm³/mol. The van der Waals surface area contributed by atoms with Crippen LogP contribution in [0.4, 0.5) is 5.95 Å². The number of aromatic nitrogens is 2. The van der Waals surface area contributed by atoms with Gasteiger partial charge >= 0.3 is 0 Å². The van der Waals surface area contributed by atoms with Crippen LogP contribution in [0.5, 0.6) is 5.75 Å². The van der Waals surface area contributed by atoms with Gasteiger partial charge in [-0.05, 0) is 23.3 Å². The van der Waals surface area contributed by atoms with Crippen LogP contribution in [0.25, 0.3) is 0 Å². The van der Waals surface area contributed by atoms with Crippen LogP contribution in [0.15, 0.2) is 59.4 Å². The summed E-state index contributed by atoms with van der Waals surface area (Å²) in [6, 6.07) is 18.5. The number of hydrogen-bond acceptors (Lipinski definition) is 5. The van der Waals surface area contributed by atoms with Gasteiger partial charge in [0.15, 0.2) is 0 Å². The highest BCUT2D eigenvalue weighted by atomic mass is 16.5. The summed E-state index contributed by atoms with van der Waals surface area (Å²) in [5, 5.41) is 0. The average Bonchev–Trinajstić information content (AvgIpc) is 3.17. The molecule has 0 aliphatic carbocycles. The lowest BCUT2D eigenvalue weighted by Gasteiger charge is -2.30. The Morgan fingerprint density at radius 2 is 1.70 bits per heavy atom. The van der Waals surface area contributed by atoms with E-state index in [9.17, 15) is 4.79 Å². The Bertz CT molecular complexity index is 1090. The van der Waals surface area contributed by atoms with Gasteiger partial charge in [-0.2, -0.15) is 4.98 Å². The molecular weight excluding hydrogens is 376 g/mol. The average molecular weight is 402 g/mol. The Labute approximate surface area is 176 Å². The third-order valence-corrected chi connectivity index (χ3v) is 6.08. The van der Waals surface area contributed by atoms with Gasteiger partial charge in [0.1, 0.15) is 5.75 Å². The highest BCUT2D eigenvalue weighted by Gasteiger charge is 2.29. The molecule has 0 fully saturated rings. The van der Waals surface area contributed by atoms with Gasteiger partial charge < -0.3 is 14.2 Å². The normalized spacial score (nSPS) is 15.7. The Balaban J connectivity index is 1.36. The van der Waals surface area contributed by atoms with Gasteiger partial charge in [-0.15, -0.1) is 0 Å². The summed E-state index contributed by atoms with van der Waals surface area (Å²) in [6.45, 7) is 5.01. The van der Waals surface area contributed by atoms with E-state index >= 15 is 0 Å². The second-order valence-electron chi connectivity index (χ2n) is 8.01. The van der Waals surface area contributed by atoms with Gasteiger partial charge in [0.05, 0.1) is 12.7 Å². The summed E-state index contributed by atoms with van der Waals surface area (Å²) < 4.78 is 7.51. The van der Waals surface area contributed by atoms with Crippen molar-refractivity contribution in [2.75, 3.05) is 25.1 Å². The minimum absolute atomic E-state index is 0.0735. The van der Waals surface area contributed by atoms with E-state index in [4.69, 9.17) is 4.74 Å². The molecule has 0 N–H and O–H groups in total. The SMILES string of the molecule is COc1ccc(CN2CCn3c2nc(=O)c2c3CCN(Cc3ccccc3)C2)cc1. The molecule has 3 heterocycles. The van der Waals surface area contributed by atoms with E-state index in [-0.39, 0.29) is 5.56 Å². The molecule has 2 aliphatic heterocycles. The summed E-state index contributed by atoms with van der Waals surface area (Å²) in [7, 11) is 1.67. The molecule has 0 saturated heterocycles. The number of ether oxygens (including phenoxy) is 1. The van der Waals surface area contributed by atoms with Crippen molar-refractivity contribution in [3.63, 3.8) is 0 Å². The minimum atomic E-state index is -0.0735. The fourth-order valence-electron chi connectivity index (χ4n) is 4.51. The van der Waals surface area contributed by atoms with Gasteiger partial charge in [0.2, 0.25) is 5.95 Å². The number of fused-ring (bicyclic) bond motifs is 3. The molecule has 6 heteroatoms. The monoisotopic (exact) mass is 402 g/mol. The number of methoxy groups -OCH3 is 1. The van der Waals surface area contributed by atoms with Crippen molar-refractivity contribution in [3.05, 3.63) is 87.3 Å². The molecule has 0 radical (unpaired) electrons. The molecule has 0 unspecified atom stereocenters. The zero-order valence-corrected chi connectivity index (χ0v) is 17.3. The molecule has 5 rings (SSSR count). The van der Waals surface area contributed by atoms with Crippen LogP contribution in [0.3, 0.4) is 0 Å². The second-order valence-corrected chi connectivity index (χ2v) is 8.01. The number of benzene rings is 2. The maximum Gasteiger partial charge on any atom is 0.279 e. The number of nitrogens with zero attached hydrogens (tertiary/aromatic N) is 4. The maximum atomic E-state index is 12.9. The number of rotatable bonds is 5. The summed E-state index contributed by atoms with van der Waals surface area (Å²) >= 11 is 0. The molecular formula is C24H26N4O2. The second kappa shape index (κ2) is 7.95. The fourth-order valence-corrected chi connectivity index (χ4v) is 4.51.